The monoisotopic (exact) mass is 522 g/mol. The Labute approximate surface area is 231 Å². The second-order valence-corrected chi connectivity index (χ2v) is 10.5. The highest BCUT2D eigenvalue weighted by atomic mass is 16.6. The van der Waals surface area contributed by atoms with E-state index in [1.165, 1.54) is 62.5 Å². The average Bonchev–Trinajstić information content (AvgIpc) is 2.93. The van der Waals surface area contributed by atoms with Gasteiger partial charge in [-0.15, -0.1) is 0 Å². The van der Waals surface area contributed by atoms with Crippen LogP contribution >= 0.6 is 0 Å². The van der Waals surface area contributed by atoms with E-state index < -0.39 is 0 Å². The summed E-state index contributed by atoms with van der Waals surface area (Å²) >= 11 is 0. The minimum atomic E-state index is -0.371. The van der Waals surface area contributed by atoms with Gasteiger partial charge in [0.2, 0.25) is 0 Å². The zero-order valence-electron chi connectivity index (χ0n) is 24.5. The second-order valence-electron chi connectivity index (χ2n) is 10.5. The zero-order chi connectivity index (χ0) is 27.8. The molecule has 0 fully saturated rings. The van der Waals surface area contributed by atoms with Crippen molar-refractivity contribution >= 4 is 11.9 Å². The normalized spacial score (nSPS) is 13.5. The van der Waals surface area contributed by atoms with E-state index in [0.717, 1.165) is 19.3 Å². The third-order valence-corrected chi connectivity index (χ3v) is 7.52. The molecule has 2 aromatic carbocycles. The SMILES string of the molecule is CCCCCCc1ccc(C(=O)OC(C)C(CC)C(CC)OC(=O)c2ccc(CCCCCC)cc2)cc1. The fourth-order valence-corrected chi connectivity index (χ4v) is 5.03. The molecule has 0 N–H and O–H groups in total. The highest BCUT2D eigenvalue weighted by Crippen LogP contribution is 2.24. The van der Waals surface area contributed by atoms with Crippen LogP contribution in [-0.2, 0) is 22.3 Å². The number of hydrogen-bond donors (Lipinski definition) is 0. The lowest BCUT2D eigenvalue weighted by Crippen LogP contribution is -2.36. The number of hydrogen-bond acceptors (Lipinski definition) is 4. The van der Waals surface area contributed by atoms with Crippen molar-refractivity contribution < 1.29 is 19.1 Å². The smallest absolute Gasteiger partial charge is 0.338 e. The van der Waals surface area contributed by atoms with Gasteiger partial charge < -0.3 is 9.47 Å². The molecule has 3 atom stereocenters. The molecule has 0 amide bonds. The molecule has 2 aromatic rings. The molecule has 0 spiro atoms. The van der Waals surface area contributed by atoms with Gasteiger partial charge in [0.05, 0.1) is 11.1 Å². The largest absolute Gasteiger partial charge is 0.459 e. The van der Waals surface area contributed by atoms with E-state index in [1.807, 2.05) is 69.3 Å². The molecule has 0 saturated carbocycles. The number of carbonyl (C=O) groups is 2. The molecule has 0 bridgehead atoms. The predicted octanol–water partition coefficient (Wildman–Crippen LogP) is 9.14. The fourth-order valence-electron chi connectivity index (χ4n) is 5.03. The van der Waals surface area contributed by atoms with Crippen LogP contribution in [0.25, 0.3) is 0 Å². The summed E-state index contributed by atoms with van der Waals surface area (Å²) in [6.45, 7) is 10.4. The summed E-state index contributed by atoms with van der Waals surface area (Å²) in [6, 6.07) is 15.6. The summed E-state index contributed by atoms with van der Waals surface area (Å²) in [7, 11) is 0. The molecule has 0 aliphatic carbocycles. The van der Waals surface area contributed by atoms with Gasteiger partial charge in [-0.3, -0.25) is 0 Å². The number of aryl methyl sites for hydroxylation is 2. The van der Waals surface area contributed by atoms with E-state index in [4.69, 9.17) is 9.47 Å². The van der Waals surface area contributed by atoms with Crippen LogP contribution < -0.4 is 0 Å². The maximum atomic E-state index is 12.9. The van der Waals surface area contributed by atoms with Crippen molar-refractivity contribution in [3.63, 3.8) is 0 Å². The lowest BCUT2D eigenvalue weighted by molar-refractivity contribution is -0.0298. The Hall–Kier alpha value is -2.62. The van der Waals surface area contributed by atoms with E-state index >= 15 is 0 Å². The van der Waals surface area contributed by atoms with Crippen molar-refractivity contribution in [3.8, 4) is 0 Å². The minimum Gasteiger partial charge on any atom is -0.459 e. The number of rotatable bonds is 18. The van der Waals surface area contributed by atoms with Crippen LogP contribution in [0.5, 0.6) is 0 Å². The van der Waals surface area contributed by atoms with Gasteiger partial charge in [-0.1, -0.05) is 90.5 Å². The Morgan fingerprint density at radius 1 is 0.605 bits per heavy atom. The Bertz CT molecular complexity index is 932. The van der Waals surface area contributed by atoms with E-state index in [2.05, 4.69) is 13.8 Å². The quantitative estimate of drug-likeness (QED) is 0.145. The molecular formula is C34H50O4. The van der Waals surface area contributed by atoms with E-state index in [1.54, 1.807) is 0 Å². The van der Waals surface area contributed by atoms with Gasteiger partial charge in [0.1, 0.15) is 12.2 Å². The fraction of sp³-hybridized carbons (Fsp3) is 0.588. The Kier molecular flexibility index (Phi) is 14.8. The highest BCUT2D eigenvalue weighted by Gasteiger charge is 2.30. The van der Waals surface area contributed by atoms with Crippen LogP contribution in [0.15, 0.2) is 48.5 Å². The molecule has 210 valence electrons. The number of ether oxygens (including phenoxy) is 2. The van der Waals surface area contributed by atoms with Gasteiger partial charge in [-0.25, -0.2) is 9.59 Å². The second kappa shape index (κ2) is 17.8. The number of esters is 2. The molecule has 0 heterocycles. The lowest BCUT2D eigenvalue weighted by Gasteiger charge is -2.30. The summed E-state index contributed by atoms with van der Waals surface area (Å²) in [5.74, 6) is -0.728. The van der Waals surface area contributed by atoms with Crippen LogP contribution in [0.2, 0.25) is 0 Å². The maximum absolute atomic E-state index is 12.9. The zero-order valence-corrected chi connectivity index (χ0v) is 24.5. The molecular weight excluding hydrogens is 472 g/mol. The molecule has 0 aliphatic heterocycles. The molecule has 38 heavy (non-hydrogen) atoms. The predicted molar refractivity (Wildman–Crippen MR) is 157 cm³/mol. The Morgan fingerprint density at radius 3 is 1.45 bits per heavy atom. The molecule has 2 rings (SSSR count). The van der Waals surface area contributed by atoms with E-state index in [9.17, 15) is 9.59 Å². The lowest BCUT2D eigenvalue weighted by atomic mass is 9.92. The van der Waals surface area contributed by atoms with Gasteiger partial charge in [-0.2, -0.15) is 0 Å². The molecule has 3 unspecified atom stereocenters. The van der Waals surface area contributed by atoms with Crippen molar-refractivity contribution in [3.05, 3.63) is 70.8 Å². The summed E-state index contributed by atoms with van der Waals surface area (Å²) in [6.07, 6.45) is 12.6. The van der Waals surface area contributed by atoms with E-state index in [0.29, 0.717) is 17.5 Å². The van der Waals surface area contributed by atoms with Crippen molar-refractivity contribution in [2.24, 2.45) is 5.92 Å². The molecule has 0 aromatic heterocycles. The number of unbranched alkanes of at least 4 members (excludes halogenated alkanes) is 6. The number of carbonyl (C=O) groups excluding carboxylic acids is 2. The maximum Gasteiger partial charge on any atom is 0.338 e. The van der Waals surface area contributed by atoms with Gasteiger partial charge in [-0.05, 0) is 80.8 Å². The Morgan fingerprint density at radius 2 is 1.05 bits per heavy atom. The van der Waals surface area contributed by atoms with Crippen LogP contribution in [0.4, 0.5) is 0 Å². The standard InChI is InChI=1S/C34H50O4/c1-6-10-12-14-16-27-18-22-29(23-19-27)33(35)37-26(5)31(8-3)32(9-4)38-34(36)30-24-20-28(21-25-30)17-15-13-11-7-2/h18-26,31-32H,6-17H2,1-5H3. The average molecular weight is 523 g/mol. The third kappa shape index (κ3) is 10.6. The van der Waals surface area contributed by atoms with Crippen LogP contribution in [-0.4, -0.2) is 24.1 Å². The van der Waals surface area contributed by atoms with Gasteiger partial charge in [0.15, 0.2) is 0 Å². The molecule has 0 saturated heterocycles. The van der Waals surface area contributed by atoms with Gasteiger partial charge in [0.25, 0.3) is 0 Å². The van der Waals surface area contributed by atoms with E-state index in [-0.39, 0.29) is 30.1 Å². The Balaban J connectivity index is 1.91. The highest BCUT2D eigenvalue weighted by molar-refractivity contribution is 5.90. The van der Waals surface area contributed by atoms with Crippen molar-refractivity contribution in [2.75, 3.05) is 0 Å². The first-order valence-corrected chi connectivity index (χ1v) is 15.0. The van der Waals surface area contributed by atoms with Crippen LogP contribution in [0, 0.1) is 5.92 Å². The third-order valence-electron chi connectivity index (χ3n) is 7.52. The first-order chi connectivity index (χ1) is 18.4. The summed E-state index contributed by atoms with van der Waals surface area (Å²) < 4.78 is 11.8. The van der Waals surface area contributed by atoms with Crippen molar-refractivity contribution in [2.45, 2.75) is 124 Å². The van der Waals surface area contributed by atoms with Gasteiger partial charge >= 0.3 is 11.9 Å². The van der Waals surface area contributed by atoms with Crippen molar-refractivity contribution in [1.82, 2.24) is 0 Å². The number of benzene rings is 2. The van der Waals surface area contributed by atoms with Crippen molar-refractivity contribution in [1.29, 1.82) is 0 Å². The summed E-state index contributed by atoms with van der Waals surface area (Å²) in [5, 5.41) is 0. The van der Waals surface area contributed by atoms with Crippen LogP contribution in [0.3, 0.4) is 0 Å². The topological polar surface area (TPSA) is 52.6 Å². The molecule has 4 heteroatoms. The minimum absolute atomic E-state index is 0.0800. The first-order valence-electron chi connectivity index (χ1n) is 15.0. The molecule has 0 radical (unpaired) electrons. The van der Waals surface area contributed by atoms with Gasteiger partial charge in [0, 0.05) is 5.92 Å². The van der Waals surface area contributed by atoms with Crippen LogP contribution in [0.1, 0.15) is 131 Å². The molecule has 4 nitrogen and oxygen atoms in total. The molecule has 0 aliphatic rings. The summed E-state index contributed by atoms with van der Waals surface area (Å²) in [4.78, 5) is 25.8. The first kappa shape index (κ1) is 31.6. The summed E-state index contributed by atoms with van der Waals surface area (Å²) in [5.41, 5.74) is 3.62.